The maximum absolute atomic E-state index is 12.6. The maximum Gasteiger partial charge on any atom is 0.573 e. The van der Waals surface area contributed by atoms with Crippen LogP contribution in [0.1, 0.15) is 13.8 Å². The molecule has 6 nitrogen and oxygen atoms in total. The molecule has 3 aromatic rings. The molecule has 1 heterocycles. The number of para-hydroxylation sites is 1. The number of hydrogen-bond acceptors (Lipinski definition) is 6. The number of rotatable bonds is 8. The lowest BCUT2D eigenvalue weighted by atomic mass is 10.1. The monoisotopic (exact) mass is 432 g/mol. The molecule has 0 saturated carbocycles. The van der Waals surface area contributed by atoms with E-state index in [2.05, 4.69) is 25.3 Å². The summed E-state index contributed by atoms with van der Waals surface area (Å²) in [5.74, 6) is 0.449. The van der Waals surface area contributed by atoms with Crippen molar-refractivity contribution in [1.82, 2.24) is 9.97 Å². The van der Waals surface area contributed by atoms with Crippen LogP contribution in [0.2, 0.25) is 0 Å². The predicted octanol–water partition coefficient (Wildman–Crippen LogP) is 5.21. The molecule has 3 rings (SSSR count). The van der Waals surface area contributed by atoms with Crippen LogP contribution in [0.25, 0.3) is 11.3 Å². The van der Waals surface area contributed by atoms with Gasteiger partial charge in [-0.05, 0) is 30.2 Å². The number of aliphatic hydroxyl groups excluding tert-OH is 1. The summed E-state index contributed by atoms with van der Waals surface area (Å²) in [5, 5.41) is 15.9. The molecule has 0 aliphatic carbocycles. The summed E-state index contributed by atoms with van der Waals surface area (Å²) < 4.78 is 41.9. The van der Waals surface area contributed by atoms with Gasteiger partial charge in [0.25, 0.3) is 0 Å². The van der Waals surface area contributed by atoms with E-state index >= 15 is 0 Å². The topological polar surface area (TPSA) is 79.3 Å². The van der Waals surface area contributed by atoms with E-state index in [0.717, 1.165) is 5.69 Å². The highest BCUT2D eigenvalue weighted by atomic mass is 19.4. The van der Waals surface area contributed by atoms with Gasteiger partial charge in [0, 0.05) is 17.3 Å². The number of aromatic nitrogens is 2. The molecule has 0 fully saturated rings. The molecule has 1 aromatic heterocycles. The molecule has 0 radical (unpaired) electrons. The van der Waals surface area contributed by atoms with Crippen molar-refractivity contribution in [1.29, 1.82) is 0 Å². The lowest BCUT2D eigenvalue weighted by Crippen LogP contribution is -2.30. The Hall–Kier alpha value is -3.33. The molecule has 3 N–H and O–H groups in total. The van der Waals surface area contributed by atoms with E-state index in [-0.39, 0.29) is 30.3 Å². The Morgan fingerprint density at radius 3 is 2.39 bits per heavy atom. The first-order valence-electron chi connectivity index (χ1n) is 9.68. The minimum Gasteiger partial charge on any atom is -0.406 e. The van der Waals surface area contributed by atoms with E-state index in [1.807, 2.05) is 44.2 Å². The third kappa shape index (κ3) is 6.58. The highest BCUT2D eigenvalue weighted by molar-refractivity contribution is 5.68. The van der Waals surface area contributed by atoms with Crippen LogP contribution in [0.15, 0.2) is 60.7 Å². The Morgan fingerprint density at radius 2 is 1.74 bits per heavy atom. The SMILES string of the molecule is CC(C)[C@@H](CO)Nc1nc(Nc2ccccc2)cc(-c2cccc(OC(F)(F)F)c2)n1. The first kappa shape index (κ1) is 22.4. The summed E-state index contributed by atoms with van der Waals surface area (Å²) >= 11 is 0. The zero-order valence-electron chi connectivity index (χ0n) is 17.0. The fourth-order valence-electron chi connectivity index (χ4n) is 2.83. The van der Waals surface area contributed by atoms with Gasteiger partial charge >= 0.3 is 6.36 Å². The number of aliphatic hydroxyl groups is 1. The number of nitrogens with zero attached hydrogens (tertiary/aromatic N) is 2. The van der Waals surface area contributed by atoms with E-state index in [1.54, 1.807) is 12.1 Å². The number of hydrogen-bond donors (Lipinski definition) is 3. The van der Waals surface area contributed by atoms with Crippen molar-refractivity contribution >= 4 is 17.5 Å². The summed E-state index contributed by atoms with van der Waals surface area (Å²) in [6, 6.07) is 16.2. The van der Waals surface area contributed by atoms with E-state index in [1.165, 1.54) is 18.2 Å². The molecule has 9 heteroatoms. The minimum atomic E-state index is -4.79. The van der Waals surface area contributed by atoms with Gasteiger partial charge in [-0.15, -0.1) is 13.2 Å². The number of halogens is 3. The van der Waals surface area contributed by atoms with Crippen molar-refractivity contribution in [2.75, 3.05) is 17.2 Å². The molecule has 0 saturated heterocycles. The predicted molar refractivity (Wildman–Crippen MR) is 113 cm³/mol. The van der Waals surface area contributed by atoms with Crippen LogP contribution in [0, 0.1) is 5.92 Å². The molecule has 0 unspecified atom stereocenters. The zero-order valence-corrected chi connectivity index (χ0v) is 17.0. The molecule has 164 valence electrons. The van der Waals surface area contributed by atoms with Crippen molar-refractivity contribution in [2.24, 2.45) is 5.92 Å². The molecule has 1 atom stereocenters. The summed E-state index contributed by atoms with van der Waals surface area (Å²) in [6.45, 7) is 3.76. The van der Waals surface area contributed by atoms with Gasteiger partial charge in [-0.3, -0.25) is 0 Å². The Morgan fingerprint density at radius 1 is 1.00 bits per heavy atom. The van der Waals surface area contributed by atoms with E-state index in [4.69, 9.17) is 0 Å². The van der Waals surface area contributed by atoms with Crippen molar-refractivity contribution < 1.29 is 23.0 Å². The van der Waals surface area contributed by atoms with Crippen LogP contribution in [0.4, 0.5) is 30.6 Å². The second kappa shape index (κ2) is 9.65. The smallest absolute Gasteiger partial charge is 0.406 e. The maximum atomic E-state index is 12.6. The van der Waals surface area contributed by atoms with E-state index in [9.17, 15) is 18.3 Å². The van der Waals surface area contributed by atoms with Crippen LogP contribution < -0.4 is 15.4 Å². The Balaban J connectivity index is 1.99. The number of alkyl halides is 3. The normalized spacial score (nSPS) is 12.5. The Bertz CT molecular complexity index is 998. The molecular weight excluding hydrogens is 409 g/mol. The molecule has 0 aliphatic heterocycles. The third-order valence-corrected chi connectivity index (χ3v) is 4.45. The van der Waals surface area contributed by atoms with Gasteiger partial charge in [0.2, 0.25) is 5.95 Å². The van der Waals surface area contributed by atoms with E-state index < -0.39 is 6.36 Å². The first-order chi connectivity index (χ1) is 14.7. The fourth-order valence-corrected chi connectivity index (χ4v) is 2.83. The summed E-state index contributed by atoms with van der Waals surface area (Å²) in [5.41, 5.74) is 1.60. The van der Waals surface area contributed by atoms with Gasteiger partial charge < -0.3 is 20.5 Å². The largest absolute Gasteiger partial charge is 0.573 e. The molecule has 0 aliphatic rings. The molecular formula is C22H23F3N4O2. The van der Waals surface area contributed by atoms with Gasteiger partial charge in [-0.25, -0.2) is 4.98 Å². The van der Waals surface area contributed by atoms with Crippen LogP contribution >= 0.6 is 0 Å². The highest BCUT2D eigenvalue weighted by Crippen LogP contribution is 2.29. The van der Waals surface area contributed by atoms with E-state index in [0.29, 0.717) is 17.1 Å². The van der Waals surface area contributed by atoms with Crippen LogP contribution in [-0.4, -0.2) is 34.1 Å². The van der Waals surface area contributed by atoms with Gasteiger partial charge in [-0.1, -0.05) is 44.2 Å². The average molecular weight is 432 g/mol. The Labute approximate surface area is 178 Å². The van der Waals surface area contributed by atoms with Crippen molar-refractivity contribution in [3.63, 3.8) is 0 Å². The summed E-state index contributed by atoms with van der Waals surface area (Å²) in [4.78, 5) is 8.89. The van der Waals surface area contributed by atoms with Crippen molar-refractivity contribution in [3.05, 3.63) is 60.7 Å². The minimum absolute atomic E-state index is 0.103. The number of ether oxygens (including phenoxy) is 1. The lowest BCUT2D eigenvalue weighted by Gasteiger charge is -2.21. The van der Waals surface area contributed by atoms with Crippen molar-refractivity contribution in [3.8, 4) is 17.0 Å². The molecule has 2 aromatic carbocycles. The third-order valence-electron chi connectivity index (χ3n) is 4.45. The lowest BCUT2D eigenvalue weighted by molar-refractivity contribution is -0.274. The standard InChI is InChI=1S/C22H23F3N4O2/c1-14(2)19(13-30)28-21-27-18(12-20(29-21)26-16-8-4-3-5-9-16)15-7-6-10-17(11-15)31-22(23,24)25/h3-12,14,19,30H,13H2,1-2H3,(H2,26,27,28,29)/t19-/m1/s1. The quantitative estimate of drug-likeness (QED) is 0.453. The zero-order chi connectivity index (χ0) is 22.4. The van der Waals surface area contributed by atoms with Gasteiger partial charge in [0.1, 0.15) is 11.6 Å². The molecule has 0 spiro atoms. The summed E-state index contributed by atoms with van der Waals surface area (Å²) in [7, 11) is 0. The number of benzene rings is 2. The van der Waals surface area contributed by atoms with Crippen molar-refractivity contribution in [2.45, 2.75) is 26.3 Å². The number of nitrogens with one attached hydrogen (secondary N) is 2. The average Bonchev–Trinajstić information content (AvgIpc) is 2.71. The number of anilines is 3. The molecule has 31 heavy (non-hydrogen) atoms. The molecule has 0 bridgehead atoms. The van der Waals surface area contributed by atoms with Crippen LogP contribution in [0.5, 0.6) is 5.75 Å². The fraction of sp³-hybridized carbons (Fsp3) is 0.273. The Kier molecular flexibility index (Phi) is 6.96. The summed E-state index contributed by atoms with van der Waals surface area (Å²) in [6.07, 6.45) is -4.79. The second-order valence-corrected chi connectivity index (χ2v) is 7.21. The van der Waals surface area contributed by atoms with Crippen LogP contribution in [-0.2, 0) is 0 Å². The van der Waals surface area contributed by atoms with Gasteiger partial charge in [0.15, 0.2) is 0 Å². The first-order valence-corrected chi connectivity index (χ1v) is 9.68. The second-order valence-electron chi connectivity index (χ2n) is 7.21. The van der Waals surface area contributed by atoms with Gasteiger partial charge in [0.05, 0.1) is 18.3 Å². The van der Waals surface area contributed by atoms with Crippen LogP contribution in [0.3, 0.4) is 0 Å². The highest BCUT2D eigenvalue weighted by Gasteiger charge is 2.31. The molecule has 0 amide bonds. The van der Waals surface area contributed by atoms with Gasteiger partial charge in [-0.2, -0.15) is 4.98 Å².